The van der Waals surface area contributed by atoms with Gasteiger partial charge in [0.2, 0.25) is 5.90 Å². The van der Waals surface area contributed by atoms with Crippen LogP contribution in [0.3, 0.4) is 0 Å². The number of cyclic esters (lactones) is 1. The Labute approximate surface area is 214 Å². The Morgan fingerprint density at radius 3 is 2.64 bits per heavy atom. The van der Waals surface area contributed by atoms with Gasteiger partial charge < -0.3 is 14.2 Å². The molecule has 3 aromatic rings. The molecule has 0 atom stereocenters. The number of non-ortho nitro benzene ring substituents is 1. The van der Waals surface area contributed by atoms with Crippen LogP contribution in [0.1, 0.15) is 23.6 Å². The van der Waals surface area contributed by atoms with Crippen LogP contribution in [0.2, 0.25) is 10.0 Å². The zero-order valence-electron chi connectivity index (χ0n) is 18.7. The number of carbonyl (C=O) groups excluding carboxylic acids is 1. The van der Waals surface area contributed by atoms with E-state index in [1.807, 2.05) is 0 Å². The van der Waals surface area contributed by atoms with E-state index in [0.717, 1.165) is 0 Å². The highest BCUT2D eigenvalue weighted by Gasteiger charge is 2.27. The van der Waals surface area contributed by atoms with Gasteiger partial charge in [0.05, 0.1) is 27.1 Å². The van der Waals surface area contributed by atoms with Crippen molar-refractivity contribution in [3.63, 3.8) is 0 Å². The van der Waals surface area contributed by atoms with Crippen molar-refractivity contribution in [1.29, 1.82) is 0 Å². The van der Waals surface area contributed by atoms with E-state index in [1.54, 1.807) is 31.2 Å². The van der Waals surface area contributed by atoms with Gasteiger partial charge in [0, 0.05) is 12.1 Å². The fourth-order valence-electron chi connectivity index (χ4n) is 3.33. The van der Waals surface area contributed by atoms with Crippen molar-refractivity contribution in [2.45, 2.75) is 13.5 Å². The summed E-state index contributed by atoms with van der Waals surface area (Å²) in [7, 11) is 0. The van der Waals surface area contributed by atoms with E-state index in [9.17, 15) is 19.3 Å². The second kappa shape index (κ2) is 10.8. The van der Waals surface area contributed by atoms with Gasteiger partial charge in [0.25, 0.3) is 5.69 Å². The summed E-state index contributed by atoms with van der Waals surface area (Å²) >= 11 is 12.6. The summed E-state index contributed by atoms with van der Waals surface area (Å²) in [6.45, 7) is 2.15. The summed E-state index contributed by atoms with van der Waals surface area (Å²) in [5, 5.41) is 11.4. The summed E-state index contributed by atoms with van der Waals surface area (Å²) in [5.74, 6) is -0.750. The lowest BCUT2D eigenvalue weighted by molar-refractivity contribution is -0.384. The number of hydrogen-bond acceptors (Lipinski definition) is 7. The third kappa shape index (κ3) is 5.64. The van der Waals surface area contributed by atoms with E-state index in [2.05, 4.69) is 4.99 Å². The average Bonchev–Trinajstić information content (AvgIpc) is 3.18. The van der Waals surface area contributed by atoms with Crippen LogP contribution in [0.5, 0.6) is 11.5 Å². The predicted molar refractivity (Wildman–Crippen MR) is 132 cm³/mol. The molecule has 1 aliphatic rings. The zero-order chi connectivity index (χ0) is 25.8. The standard InChI is InChI=1S/C25H17Cl2FN2O6/c1-2-34-22-11-15(9-20(27)23(22)35-13-14-4-3-5-16(28)8-14)10-21-25(31)36-24(29-21)18-12-17(30(32)33)6-7-19(18)26/h3-12H,2,13H2,1H3/b21-10-. The lowest BCUT2D eigenvalue weighted by atomic mass is 10.1. The van der Waals surface area contributed by atoms with Crippen molar-refractivity contribution in [3.8, 4) is 11.5 Å². The third-order valence-electron chi connectivity index (χ3n) is 4.92. The Kier molecular flexibility index (Phi) is 7.52. The first-order valence-corrected chi connectivity index (χ1v) is 11.3. The molecule has 0 bridgehead atoms. The van der Waals surface area contributed by atoms with Crippen molar-refractivity contribution in [3.05, 3.63) is 103 Å². The number of benzene rings is 3. The van der Waals surface area contributed by atoms with Crippen LogP contribution < -0.4 is 9.47 Å². The second-order valence-corrected chi connectivity index (χ2v) is 8.25. The molecule has 0 fully saturated rings. The summed E-state index contributed by atoms with van der Waals surface area (Å²) < 4.78 is 30.1. The Morgan fingerprint density at radius 2 is 1.92 bits per heavy atom. The van der Waals surface area contributed by atoms with E-state index in [-0.39, 0.29) is 51.1 Å². The maximum atomic E-state index is 13.5. The maximum absolute atomic E-state index is 13.5. The van der Waals surface area contributed by atoms with E-state index in [1.165, 1.54) is 36.4 Å². The lowest BCUT2D eigenvalue weighted by Gasteiger charge is -2.14. The predicted octanol–water partition coefficient (Wildman–Crippen LogP) is 6.36. The average molecular weight is 531 g/mol. The van der Waals surface area contributed by atoms with Gasteiger partial charge in [-0.05, 0) is 54.5 Å². The highest BCUT2D eigenvalue weighted by Crippen LogP contribution is 2.38. The Balaban J connectivity index is 1.64. The van der Waals surface area contributed by atoms with Crippen LogP contribution in [-0.4, -0.2) is 23.4 Å². The molecule has 0 saturated heterocycles. The number of nitro benzene ring substituents is 1. The molecule has 4 rings (SSSR count). The largest absolute Gasteiger partial charge is 0.490 e. The first kappa shape index (κ1) is 25.2. The first-order chi connectivity index (χ1) is 17.2. The van der Waals surface area contributed by atoms with Gasteiger partial charge >= 0.3 is 5.97 Å². The highest BCUT2D eigenvalue weighted by molar-refractivity contribution is 6.34. The molecule has 11 heteroatoms. The number of aliphatic imine (C=N–C) groups is 1. The molecule has 36 heavy (non-hydrogen) atoms. The fraction of sp³-hybridized carbons (Fsp3) is 0.120. The van der Waals surface area contributed by atoms with E-state index >= 15 is 0 Å². The molecular formula is C25H17Cl2FN2O6. The molecule has 0 amide bonds. The van der Waals surface area contributed by atoms with Crippen LogP contribution in [0, 0.1) is 15.9 Å². The summed E-state index contributed by atoms with van der Waals surface area (Å²) in [6.07, 6.45) is 1.42. The SMILES string of the molecule is CCOc1cc(/C=C2\N=C(c3cc([N+](=O)[O-])ccc3Cl)OC2=O)cc(Cl)c1OCc1cccc(F)c1. The number of ether oxygens (including phenoxy) is 3. The zero-order valence-corrected chi connectivity index (χ0v) is 20.2. The van der Waals surface area contributed by atoms with Gasteiger partial charge in [-0.1, -0.05) is 35.3 Å². The minimum absolute atomic E-state index is 0.0575. The maximum Gasteiger partial charge on any atom is 0.363 e. The van der Waals surface area contributed by atoms with E-state index in [0.29, 0.717) is 23.5 Å². The number of halogens is 3. The molecule has 184 valence electrons. The van der Waals surface area contributed by atoms with E-state index < -0.39 is 10.9 Å². The molecular weight excluding hydrogens is 514 g/mol. The molecule has 0 aliphatic carbocycles. The van der Waals surface area contributed by atoms with Crippen molar-refractivity contribution in [1.82, 2.24) is 0 Å². The number of esters is 1. The van der Waals surface area contributed by atoms with Gasteiger partial charge in [-0.2, -0.15) is 0 Å². The van der Waals surface area contributed by atoms with E-state index in [4.69, 9.17) is 37.4 Å². The van der Waals surface area contributed by atoms with Gasteiger partial charge in [-0.25, -0.2) is 14.2 Å². The minimum Gasteiger partial charge on any atom is -0.490 e. The lowest BCUT2D eigenvalue weighted by Crippen LogP contribution is -2.06. The van der Waals surface area contributed by atoms with Crippen LogP contribution in [0.15, 0.2) is 65.3 Å². The quantitative estimate of drug-likeness (QED) is 0.145. The van der Waals surface area contributed by atoms with Crippen molar-refractivity contribution in [2.75, 3.05) is 6.61 Å². The van der Waals surface area contributed by atoms with Crippen molar-refractivity contribution < 1.29 is 28.3 Å². The Morgan fingerprint density at radius 1 is 1.11 bits per heavy atom. The molecule has 1 aliphatic heterocycles. The van der Waals surface area contributed by atoms with Gasteiger partial charge in [-0.3, -0.25) is 10.1 Å². The molecule has 0 radical (unpaired) electrons. The summed E-state index contributed by atoms with van der Waals surface area (Å²) in [4.78, 5) is 27.1. The van der Waals surface area contributed by atoms with Crippen LogP contribution in [0.25, 0.3) is 6.08 Å². The minimum atomic E-state index is -0.770. The van der Waals surface area contributed by atoms with Crippen LogP contribution in [-0.2, 0) is 16.1 Å². The molecule has 0 saturated carbocycles. The second-order valence-electron chi connectivity index (χ2n) is 7.44. The summed E-state index contributed by atoms with van der Waals surface area (Å²) in [5.41, 5.74) is 0.877. The van der Waals surface area contributed by atoms with Crippen molar-refractivity contribution in [2.24, 2.45) is 4.99 Å². The number of carbonyl (C=O) groups is 1. The Bertz CT molecular complexity index is 1420. The normalized spacial score (nSPS) is 13.9. The number of nitro groups is 1. The van der Waals surface area contributed by atoms with Gasteiger partial charge in [0.1, 0.15) is 12.4 Å². The molecule has 3 aromatic carbocycles. The highest BCUT2D eigenvalue weighted by atomic mass is 35.5. The first-order valence-electron chi connectivity index (χ1n) is 10.6. The topological polar surface area (TPSA) is 100 Å². The van der Waals surface area contributed by atoms with Gasteiger partial charge in [-0.15, -0.1) is 0 Å². The molecule has 0 N–H and O–H groups in total. The number of rotatable bonds is 8. The number of nitrogens with zero attached hydrogens (tertiary/aromatic N) is 2. The third-order valence-corrected chi connectivity index (χ3v) is 5.53. The molecule has 1 heterocycles. The monoisotopic (exact) mass is 530 g/mol. The van der Waals surface area contributed by atoms with Gasteiger partial charge in [0.15, 0.2) is 17.2 Å². The summed E-state index contributed by atoms with van der Waals surface area (Å²) in [6, 6.07) is 12.8. The molecule has 8 nitrogen and oxygen atoms in total. The molecule has 0 unspecified atom stereocenters. The Hall–Kier alpha value is -3.95. The van der Waals surface area contributed by atoms with Crippen LogP contribution in [0.4, 0.5) is 10.1 Å². The van der Waals surface area contributed by atoms with Crippen LogP contribution >= 0.6 is 23.2 Å². The molecule has 0 spiro atoms. The fourth-order valence-corrected chi connectivity index (χ4v) is 3.80. The smallest absolute Gasteiger partial charge is 0.363 e. The molecule has 0 aromatic heterocycles. The number of hydrogen-bond donors (Lipinski definition) is 0. The van der Waals surface area contributed by atoms with Crippen molar-refractivity contribution >= 4 is 46.8 Å².